The monoisotopic (exact) mass is 922 g/mol. The summed E-state index contributed by atoms with van der Waals surface area (Å²) < 4.78 is 12.0. The molecular formula is C51H67Cl2O5P3. The predicted octanol–water partition coefficient (Wildman–Crippen LogP) is 15.8. The molecule has 0 saturated carbocycles. The van der Waals surface area contributed by atoms with E-state index in [2.05, 4.69) is 46.8 Å². The number of halogens is 2. The zero-order valence-corrected chi connectivity index (χ0v) is 41.6. The van der Waals surface area contributed by atoms with E-state index in [-0.39, 0.29) is 13.4 Å². The van der Waals surface area contributed by atoms with Crippen LogP contribution in [0, 0.1) is 27.7 Å². The molecule has 6 saturated heterocycles. The van der Waals surface area contributed by atoms with Crippen molar-refractivity contribution in [2.24, 2.45) is 0 Å². The summed E-state index contributed by atoms with van der Waals surface area (Å²) in [4.78, 5) is 39.0. The van der Waals surface area contributed by atoms with Gasteiger partial charge < -0.3 is 9.47 Å². The van der Waals surface area contributed by atoms with Crippen LogP contribution in [-0.4, -0.2) is 63.7 Å². The number of unbranched alkanes of at least 4 members (excludes halogenated alkanes) is 2. The van der Waals surface area contributed by atoms with Gasteiger partial charge >= 0.3 is 0 Å². The van der Waals surface area contributed by atoms with E-state index in [1.54, 1.807) is 18.2 Å². The Balaban J connectivity index is 0.000000142. The molecule has 10 heteroatoms. The molecule has 0 amide bonds. The first-order valence-corrected chi connectivity index (χ1v) is 28.5. The van der Waals surface area contributed by atoms with Gasteiger partial charge in [-0.3, -0.25) is 14.4 Å². The lowest BCUT2D eigenvalue weighted by molar-refractivity contribution is 0.107. The molecule has 0 unspecified atom stereocenters. The highest BCUT2D eigenvalue weighted by Crippen LogP contribution is 2.68. The van der Waals surface area contributed by atoms with Crippen molar-refractivity contribution in [2.45, 2.75) is 178 Å². The van der Waals surface area contributed by atoms with E-state index in [0.717, 1.165) is 65.2 Å². The summed E-state index contributed by atoms with van der Waals surface area (Å²) in [5.74, 6) is 1.59. The minimum absolute atomic E-state index is 0.237. The van der Waals surface area contributed by atoms with E-state index >= 15 is 0 Å². The molecule has 0 N–H and O–H groups in total. The van der Waals surface area contributed by atoms with Crippen molar-refractivity contribution in [3.05, 3.63) is 91.5 Å². The molecule has 6 fully saturated rings. The second-order valence-corrected chi connectivity index (χ2v) is 27.3. The van der Waals surface area contributed by atoms with Crippen LogP contribution >= 0.6 is 47.0 Å². The quantitative estimate of drug-likeness (QED) is 0.119. The van der Waals surface area contributed by atoms with Crippen molar-refractivity contribution in [2.75, 3.05) is 13.2 Å². The summed E-state index contributed by atoms with van der Waals surface area (Å²) in [6.07, 6.45) is 19.4. The summed E-state index contributed by atoms with van der Waals surface area (Å²) in [7, 11) is -1.44. The van der Waals surface area contributed by atoms with E-state index in [0.29, 0.717) is 62.5 Å². The largest absolute Gasteiger partial charge is 0.493 e. The molecule has 6 aliphatic rings. The second-order valence-electron chi connectivity index (χ2n) is 18.4. The van der Waals surface area contributed by atoms with Crippen molar-refractivity contribution >= 4 is 63.5 Å². The molecule has 5 nitrogen and oxygen atoms in total. The zero-order chi connectivity index (χ0) is 43.4. The number of rotatable bonds is 14. The summed E-state index contributed by atoms with van der Waals surface area (Å²) in [6, 6.07) is 13.6. The number of hydrogen-bond acceptors (Lipinski definition) is 5. The Morgan fingerprint density at radius 1 is 0.525 bits per heavy atom. The molecule has 0 aliphatic carbocycles. The van der Waals surface area contributed by atoms with Crippen LogP contribution in [-0.2, 0) is 0 Å². The van der Waals surface area contributed by atoms with Crippen molar-refractivity contribution in [3.8, 4) is 11.5 Å². The molecule has 61 heavy (non-hydrogen) atoms. The molecule has 3 aromatic carbocycles. The lowest BCUT2D eigenvalue weighted by Crippen LogP contribution is -2.10. The molecule has 0 radical (unpaired) electrons. The number of ether oxygens (including phenoxy) is 2. The van der Waals surface area contributed by atoms with Crippen LogP contribution in [0.1, 0.15) is 170 Å². The Morgan fingerprint density at radius 3 is 1.30 bits per heavy atom. The van der Waals surface area contributed by atoms with E-state index < -0.39 is 15.8 Å². The zero-order valence-electron chi connectivity index (χ0n) is 37.4. The van der Waals surface area contributed by atoms with Crippen molar-refractivity contribution < 1.29 is 23.9 Å². The Bertz CT molecular complexity index is 1970. The molecular weight excluding hydrogens is 856 g/mol. The van der Waals surface area contributed by atoms with Crippen LogP contribution in [0.5, 0.6) is 11.5 Å². The van der Waals surface area contributed by atoms with Gasteiger partial charge in [-0.15, -0.1) is 0 Å². The highest BCUT2D eigenvalue weighted by atomic mass is 35.5. The molecule has 6 heterocycles. The van der Waals surface area contributed by atoms with Gasteiger partial charge in [0, 0.05) is 11.6 Å². The fourth-order valence-electron chi connectivity index (χ4n) is 11.2. The maximum absolute atomic E-state index is 13.5. The van der Waals surface area contributed by atoms with Crippen LogP contribution in [0.3, 0.4) is 0 Å². The molecule has 0 atom stereocenters. The first-order valence-electron chi connectivity index (χ1n) is 23.3. The van der Waals surface area contributed by atoms with E-state index in [9.17, 15) is 14.4 Å². The molecule has 6 bridgehead atoms. The van der Waals surface area contributed by atoms with Crippen LogP contribution in [0.2, 0.25) is 10.0 Å². The normalized spacial score (nSPS) is 27.6. The first kappa shape index (κ1) is 47.1. The van der Waals surface area contributed by atoms with Gasteiger partial charge in [-0.2, -0.15) is 0 Å². The van der Waals surface area contributed by atoms with Gasteiger partial charge in [-0.05, 0) is 210 Å². The number of benzene rings is 3. The minimum atomic E-state index is -0.534. The molecule has 6 aliphatic heterocycles. The average Bonchev–Trinajstić information content (AvgIpc) is 4.11. The predicted molar refractivity (Wildman–Crippen MR) is 261 cm³/mol. The first-order chi connectivity index (χ1) is 29.4. The molecule has 3 aromatic rings. The van der Waals surface area contributed by atoms with Gasteiger partial charge in [0.15, 0.2) is 16.6 Å². The van der Waals surface area contributed by atoms with E-state index in [1.807, 2.05) is 19.1 Å². The summed E-state index contributed by atoms with van der Waals surface area (Å²) in [5, 5.41) is 1.02. The molecule has 9 rings (SSSR count). The third kappa shape index (κ3) is 10.5. The SMILES string of the molecule is CCCCOc1cc(C)c(C(=O)P2C3CCC2CC3)c(OCCCC)c1.Cc1cc(C)c(C(=O)P2C3CCC2CC3)c(C)c1.O=C(c1c(Cl)cccc1Cl)P1C2CCC1CC2. The second kappa shape index (κ2) is 21.4. The Hall–Kier alpha value is -1.86. The van der Waals surface area contributed by atoms with E-state index in [1.165, 1.54) is 93.7 Å². The summed E-state index contributed by atoms with van der Waals surface area (Å²) >= 11 is 12.2. The number of hydrogen-bond donors (Lipinski definition) is 0. The number of carbonyl (C=O) groups excluding carboxylic acids is 3. The third-order valence-electron chi connectivity index (χ3n) is 14.1. The van der Waals surface area contributed by atoms with Gasteiger partial charge in [-0.1, -0.05) is 73.7 Å². The summed E-state index contributed by atoms with van der Waals surface area (Å²) in [6.45, 7) is 14.0. The Morgan fingerprint density at radius 2 is 0.885 bits per heavy atom. The topological polar surface area (TPSA) is 69.7 Å². The standard InChI is InChI=1S/C22H33O3P.C16H21OP.C13H13Cl2OP/c1-4-6-12-24-17-14-16(3)21(20(15-17)25-13-7-5-2)22(23)26-18-8-9-19(26)11-10-18;1-10-8-11(2)15(12(3)9-10)16(17)18-13-4-5-14(18)7-6-13;14-10-2-1-3-11(15)12(10)13(16)17-8-4-5-9(17)7-6-8/h14-15,18-19H,4-13H2,1-3H3;8-9,13-14H,4-7H2,1-3H3;1-3,8-9H,4-7H2. The highest BCUT2D eigenvalue weighted by Gasteiger charge is 2.48. The lowest BCUT2D eigenvalue weighted by atomic mass is 10.0. The van der Waals surface area contributed by atoms with Crippen LogP contribution in [0.4, 0.5) is 0 Å². The average molecular weight is 924 g/mol. The van der Waals surface area contributed by atoms with Crippen molar-refractivity contribution in [1.29, 1.82) is 0 Å². The van der Waals surface area contributed by atoms with E-state index in [4.69, 9.17) is 32.7 Å². The fraction of sp³-hybridized carbons (Fsp3) is 0.588. The number of aryl methyl sites for hydroxylation is 4. The molecule has 0 spiro atoms. The number of fused-ring (bicyclic) bond motifs is 6. The van der Waals surface area contributed by atoms with Gasteiger partial charge in [0.1, 0.15) is 11.5 Å². The maximum Gasteiger partial charge on any atom is 0.188 e. The molecule has 330 valence electrons. The summed E-state index contributed by atoms with van der Waals surface area (Å²) in [5.41, 5.74) is 12.3. The highest BCUT2D eigenvalue weighted by molar-refractivity contribution is 7.78. The van der Waals surface area contributed by atoms with Gasteiger partial charge in [0.2, 0.25) is 0 Å². The van der Waals surface area contributed by atoms with Crippen LogP contribution in [0.25, 0.3) is 0 Å². The maximum atomic E-state index is 13.5. The van der Waals surface area contributed by atoms with Gasteiger partial charge in [0.25, 0.3) is 0 Å². The lowest BCUT2D eigenvalue weighted by Gasteiger charge is -2.20. The smallest absolute Gasteiger partial charge is 0.188 e. The third-order valence-corrected chi connectivity index (χ3v) is 24.7. The Labute approximate surface area is 379 Å². The Kier molecular flexibility index (Phi) is 16.5. The van der Waals surface area contributed by atoms with Crippen molar-refractivity contribution in [3.63, 3.8) is 0 Å². The number of carbonyl (C=O) groups is 3. The minimum Gasteiger partial charge on any atom is -0.493 e. The van der Waals surface area contributed by atoms with Crippen molar-refractivity contribution in [1.82, 2.24) is 0 Å². The van der Waals surface area contributed by atoms with Crippen LogP contribution in [0.15, 0.2) is 42.5 Å². The van der Waals surface area contributed by atoms with Gasteiger partial charge in [0.05, 0.1) is 34.4 Å². The molecule has 0 aromatic heterocycles. The van der Waals surface area contributed by atoms with Crippen LogP contribution < -0.4 is 9.47 Å². The fourth-order valence-corrected chi connectivity index (χ4v) is 22.5. The van der Waals surface area contributed by atoms with Gasteiger partial charge in [-0.25, -0.2) is 0 Å².